The minimum atomic E-state index is -3.93. The van der Waals surface area contributed by atoms with Crippen molar-refractivity contribution in [3.05, 3.63) is 29.8 Å². The molecule has 2 N–H and O–H groups in total. The van der Waals surface area contributed by atoms with Crippen LogP contribution in [0.1, 0.15) is 12.8 Å². The smallest absolute Gasteiger partial charge is 0.241 e. The summed E-state index contributed by atoms with van der Waals surface area (Å²) in [6.45, 7) is 0. The third-order valence-corrected chi connectivity index (χ3v) is 4.08. The molecular weight excluding hydrogens is 252 g/mol. The molecule has 1 aromatic rings. The van der Waals surface area contributed by atoms with Crippen molar-refractivity contribution in [3.8, 4) is 0 Å². The van der Waals surface area contributed by atoms with Gasteiger partial charge in [0.1, 0.15) is 11.6 Å². The van der Waals surface area contributed by atoms with Crippen LogP contribution in [0.2, 0.25) is 0 Å². The molecule has 0 radical (unpaired) electrons. The lowest BCUT2D eigenvalue weighted by atomic mass is 9.91. The topological polar surface area (TPSA) is 66.4 Å². The summed E-state index contributed by atoms with van der Waals surface area (Å²) < 4.78 is 51.5. The molecule has 0 amide bonds. The monoisotopic (exact) mass is 263 g/mol. The average Bonchev–Trinajstić information content (AvgIpc) is 2.13. The van der Waals surface area contributed by atoms with Crippen molar-refractivity contribution in [3.63, 3.8) is 0 Å². The Morgan fingerprint density at radius 1 is 1.18 bits per heavy atom. The van der Waals surface area contributed by atoms with E-state index in [1.54, 1.807) is 0 Å². The molecule has 0 spiro atoms. The Balaban J connectivity index is 2.19. The molecule has 1 aliphatic rings. The van der Waals surface area contributed by atoms with Crippen molar-refractivity contribution in [2.45, 2.75) is 29.9 Å². The third kappa shape index (κ3) is 2.80. The van der Waals surface area contributed by atoms with Gasteiger partial charge in [0, 0.05) is 12.1 Å². The van der Waals surface area contributed by atoms with Crippen molar-refractivity contribution in [1.82, 2.24) is 4.72 Å². The standard InChI is InChI=1S/C10H11F2NO3S/c11-6-1-7(12)3-10(2-6)17(15,16)13-8-4-9(14)5-8/h1-3,8-9,13-14H,4-5H2. The lowest BCUT2D eigenvalue weighted by Gasteiger charge is -2.31. The molecule has 17 heavy (non-hydrogen) atoms. The first kappa shape index (κ1) is 12.4. The molecule has 7 heteroatoms. The zero-order chi connectivity index (χ0) is 12.6. The predicted octanol–water partition coefficient (Wildman–Crippen LogP) is 0.766. The molecule has 1 saturated carbocycles. The summed E-state index contributed by atoms with van der Waals surface area (Å²) in [5, 5.41) is 9.02. The molecule has 94 valence electrons. The summed E-state index contributed by atoms with van der Waals surface area (Å²) in [5.74, 6) is -1.89. The maximum absolute atomic E-state index is 12.9. The summed E-state index contributed by atoms with van der Waals surface area (Å²) in [7, 11) is -3.93. The normalized spacial score (nSPS) is 24.4. The number of benzene rings is 1. The van der Waals surface area contributed by atoms with Crippen LogP contribution in [0.4, 0.5) is 8.78 Å². The Morgan fingerprint density at radius 2 is 1.71 bits per heavy atom. The van der Waals surface area contributed by atoms with Crippen LogP contribution in [0.5, 0.6) is 0 Å². The molecule has 0 saturated heterocycles. The summed E-state index contributed by atoms with van der Waals surface area (Å²) in [6, 6.07) is 1.73. The maximum atomic E-state index is 12.9. The average molecular weight is 263 g/mol. The van der Waals surface area contributed by atoms with E-state index in [4.69, 9.17) is 5.11 Å². The van der Waals surface area contributed by atoms with Crippen LogP contribution >= 0.6 is 0 Å². The summed E-state index contributed by atoms with van der Waals surface area (Å²) in [5.41, 5.74) is 0. The highest BCUT2D eigenvalue weighted by atomic mass is 32.2. The van der Waals surface area contributed by atoms with Crippen LogP contribution in [0.25, 0.3) is 0 Å². The van der Waals surface area contributed by atoms with Crippen LogP contribution in [0.3, 0.4) is 0 Å². The van der Waals surface area contributed by atoms with E-state index in [1.807, 2.05) is 0 Å². The largest absolute Gasteiger partial charge is 0.393 e. The van der Waals surface area contributed by atoms with E-state index >= 15 is 0 Å². The van der Waals surface area contributed by atoms with E-state index in [9.17, 15) is 17.2 Å². The fraction of sp³-hybridized carbons (Fsp3) is 0.400. The van der Waals surface area contributed by atoms with Gasteiger partial charge in [0.05, 0.1) is 11.0 Å². The molecule has 2 rings (SSSR count). The molecule has 0 unspecified atom stereocenters. The summed E-state index contributed by atoms with van der Waals surface area (Å²) in [4.78, 5) is -0.448. The Labute approximate surface area is 97.3 Å². The Hall–Kier alpha value is -1.05. The zero-order valence-electron chi connectivity index (χ0n) is 8.73. The van der Waals surface area contributed by atoms with Crippen molar-refractivity contribution >= 4 is 10.0 Å². The molecule has 0 aliphatic heterocycles. The molecular formula is C10H11F2NO3S. The van der Waals surface area contributed by atoms with Gasteiger partial charge in [-0.1, -0.05) is 0 Å². The lowest BCUT2D eigenvalue weighted by molar-refractivity contribution is 0.0712. The molecule has 1 fully saturated rings. The number of aliphatic hydroxyl groups excluding tert-OH is 1. The number of hydrogen-bond acceptors (Lipinski definition) is 3. The van der Waals surface area contributed by atoms with Crippen molar-refractivity contribution < 1.29 is 22.3 Å². The second-order valence-corrected chi connectivity index (χ2v) is 5.76. The summed E-state index contributed by atoms with van der Waals surface area (Å²) in [6.07, 6.45) is 0.126. The molecule has 1 aromatic carbocycles. The van der Waals surface area contributed by atoms with E-state index in [0.717, 1.165) is 12.1 Å². The highest BCUT2D eigenvalue weighted by Crippen LogP contribution is 2.22. The zero-order valence-corrected chi connectivity index (χ0v) is 9.55. The van der Waals surface area contributed by atoms with Crippen molar-refractivity contribution in [2.24, 2.45) is 0 Å². The van der Waals surface area contributed by atoms with E-state index in [0.29, 0.717) is 18.9 Å². The van der Waals surface area contributed by atoms with Crippen LogP contribution in [-0.4, -0.2) is 25.7 Å². The van der Waals surface area contributed by atoms with Crippen LogP contribution in [-0.2, 0) is 10.0 Å². The number of nitrogens with one attached hydrogen (secondary N) is 1. The minimum Gasteiger partial charge on any atom is -0.393 e. The number of hydrogen-bond donors (Lipinski definition) is 2. The van der Waals surface area contributed by atoms with Gasteiger partial charge < -0.3 is 5.11 Å². The van der Waals surface area contributed by atoms with Gasteiger partial charge in [-0.25, -0.2) is 21.9 Å². The second kappa shape index (κ2) is 4.32. The van der Waals surface area contributed by atoms with Gasteiger partial charge in [-0.05, 0) is 25.0 Å². The van der Waals surface area contributed by atoms with Gasteiger partial charge in [-0.3, -0.25) is 0 Å². The van der Waals surface area contributed by atoms with Crippen molar-refractivity contribution in [2.75, 3.05) is 0 Å². The van der Waals surface area contributed by atoms with Gasteiger partial charge in [-0.15, -0.1) is 0 Å². The third-order valence-electron chi connectivity index (χ3n) is 2.58. The lowest BCUT2D eigenvalue weighted by Crippen LogP contribution is -2.46. The van der Waals surface area contributed by atoms with Gasteiger partial charge in [-0.2, -0.15) is 0 Å². The number of aliphatic hydroxyl groups is 1. The fourth-order valence-electron chi connectivity index (χ4n) is 1.66. The highest BCUT2D eigenvalue weighted by molar-refractivity contribution is 7.89. The predicted molar refractivity (Wildman–Crippen MR) is 55.7 cm³/mol. The first-order valence-corrected chi connectivity index (χ1v) is 6.51. The van der Waals surface area contributed by atoms with E-state index in [2.05, 4.69) is 4.72 Å². The van der Waals surface area contributed by atoms with Gasteiger partial charge in [0.25, 0.3) is 0 Å². The molecule has 4 nitrogen and oxygen atoms in total. The highest BCUT2D eigenvalue weighted by Gasteiger charge is 2.31. The molecule has 0 atom stereocenters. The molecule has 1 aliphatic carbocycles. The van der Waals surface area contributed by atoms with Crippen LogP contribution < -0.4 is 4.72 Å². The van der Waals surface area contributed by atoms with E-state index in [1.165, 1.54) is 0 Å². The first-order valence-electron chi connectivity index (χ1n) is 5.03. The summed E-state index contributed by atoms with van der Waals surface area (Å²) >= 11 is 0. The quantitative estimate of drug-likeness (QED) is 0.846. The van der Waals surface area contributed by atoms with Crippen LogP contribution in [0.15, 0.2) is 23.1 Å². The Kier molecular flexibility index (Phi) is 3.15. The second-order valence-electron chi connectivity index (χ2n) is 4.05. The van der Waals surface area contributed by atoms with Crippen molar-refractivity contribution in [1.29, 1.82) is 0 Å². The SMILES string of the molecule is O=S(=O)(NC1CC(O)C1)c1cc(F)cc(F)c1. The van der Waals surface area contributed by atoms with Gasteiger partial charge >= 0.3 is 0 Å². The van der Waals surface area contributed by atoms with E-state index < -0.39 is 32.7 Å². The maximum Gasteiger partial charge on any atom is 0.241 e. The molecule has 0 aromatic heterocycles. The van der Waals surface area contributed by atoms with Gasteiger partial charge in [0.15, 0.2) is 0 Å². The fourth-order valence-corrected chi connectivity index (χ4v) is 2.96. The van der Waals surface area contributed by atoms with Gasteiger partial charge in [0.2, 0.25) is 10.0 Å². The number of halogens is 2. The Bertz CT molecular complexity index is 506. The minimum absolute atomic E-state index is 0.316. The van der Waals surface area contributed by atoms with Crippen LogP contribution in [0, 0.1) is 11.6 Å². The Morgan fingerprint density at radius 3 is 2.18 bits per heavy atom. The number of sulfonamides is 1. The molecule has 0 bridgehead atoms. The first-order chi connectivity index (χ1) is 7.87. The number of rotatable bonds is 3. The van der Waals surface area contributed by atoms with E-state index in [-0.39, 0.29) is 6.04 Å². The molecule has 0 heterocycles.